The number of amides is 1. The van der Waals surface area contributed by atoms with Gasteiger partial charge in [-0.05, 0) is 11.6 Å². The molecule has 19 heavy (non-hydrogen) atoms. The maximum Gasteiger partial charge on any atom is 0.421 e. The number of rotatable bonds is 4. The smallest absolute Gasteiger partial charge is 0.421 e. The van der Waals surface area contributed by atoms with Gasteiger partial charge in [-0.2, -0.15) is 13.2 Å². The van der Waals surface area contributed by atoms with Gasteiger partial charge < -0.3 is 10.1 Å². The maximum absolute atomic E-state index is 12.7. The van der Waals surface area contributed by atoms with Gasteiger partial charge in [-0.1, -0.05) is 12.2 Å². The Hall–Kier alpha value is -2.05. The van der Waals surface area contributed by atoms with Crippen LogP contribution in [0.5, 0.6) is 5.88 Å². The van der Waals surface area contributed by atoms with Crippen molar-refractivity contribution in [3.63, 3.8) is 0 Å². The Labute approximate surface area is 108 Å². The Morgan fingerprint density at radius 1 is 1.53 bits per heavy atom. The normalized spacial score (nSPS) is 11.6. The molecule has 4 nitrogen and oxygen atoms in total. The van der Waals surface area contributed by atoms with Crippen LogP contribution in [-0.4, -0.2) is 24.5 Å². The maximum atomic E-state index is 12.7. The molecule has 0 bridgehead atoms. The van der Waals surface area contributed by atoms with Crippen molar-refractivity contribution in [1.29, 1.82) is 0 Å². The fourth-order valence-corrected chi connectivity index (χ4v) is 1.32. The van der Waals surface area contributed by atoms with E-state index >= 15 is 0 Å². The van der Waals surface area contributed by atoms with Gasteiger partial charge in [0.05, 0.1) is 7.11 Å². The van der Waals surface area contributed by atoms with Crippen LogP contribution in [-0.2, 0) is 11.0 Å². The van der Waals surface area contributed by atoms with Gasteiger partial charge in [0.2, 0.25) is 11.8 Å². The van der Waals surface area contributed by atoms with E-state index in [0.29, 0.717) is 0 Å². The second kappa shape index (κ2) is 6.21. The number of hydrogen-bond acceptors (Lipinski definition) is 3. The minimum atomic E-state index is -4.53. The molecule has 0 atom stereocenters. The third-order valence-corrected chi connectivity index (χ3v) is 2.15. The van der Waals surface area contributed by atoms with E-state index in [0.717, 1.165) is 13.2 Å². The largest absolute Gasteiger partial charge is 0.481 e. The quantitative estimate of drug-likeness (QED) is 0.916. The van der Waals surface area contributed by atoms with E-state index in [-0.39, 0.29) is 18.0 Å². The number of halogens is 3. The van der Waals surface area contributed by atoms with E-state index < -0.39 is 17.6 Å². The number of aromatic nitrogens is 1. The van der Waals surface area contributed by atoms with Crippen LogP contribution < -0.4 is 10.1 Å². The minimum Gasteiger partial charge on any atom is -0.481 e. The van der Waals surface area contributed by atoms with Gasteiger partial charge in [-0.3, -0.25) is 4.79 Å². The Bertz CT molecular complexity index is 484. The van der Waals surface area contributed by atoms with E-state index in [9.17, 15) is 18.0 Å². The Kier molecular flexibility index (Phi) is 4.91. The van der Waals surface area contributed by atoms with Crippen LogP contribution >= 0.6 is 0 Å². The van der Waals surface area contributed by atoms with Crippen LogP contribution in [0.25, 0.3) is 6.08 Å². The fourth-order valence-electron chi connectivity index (χ4n) is 1.32. The second-order valence-electron chi connectivity index (χ2n) is 3.66. The summed E-state index contributed by atoms with van der Waals surface area (Å²) in [4.78, 5) is 14.2. The molecule has 1 N–H and O–H groups in total. The van der Waals surface area contributed by atoms with Crippen LogP contribution in [0.1, 0.15) is 18.1 Å². The van der Waals surface area contributed by atoms with Crippen molar-refractivity contribution >= 4 is 12.0 Å². The number of ether oxygens (including phenoxy) is 1. The predicted octanol–water partition coefficient (Wildman–Crippen LogP) is 2.26. The van der Waals surface area contributed by atoms with Crippen molar-refractivity contribution in [2.75, 3.05) is 13.7 Å². The highest BCUT2D eigenvalue weighted by Crippen LogP contribution is 2.35. The monoisotopic (exact) mass is 274 g/mol. The summed E-state index contributed by atoms with van der Waals surface area (Å²) in [6, 6.07) is 0.941. The summed E-state index contributed by atoms with van der Waals surface area (Å²) < 4.78 is 42.7. The summed E-state index contributed by atoms with van der Waals surface area (Å²) in [5.41, 5.74) is -0.657. The number of hydrogen-bond donors (Lipinski definition) is 1. The SMILES string of the molecule is COc1ncc(C=CCNC(C)=O)cc1C(F)(F)F. The van der Waals surface area contributed by atoms with Crippen molar-refractivity contribution in [3.05, 3.63) is 29.5 Å². The van der Waals surface area contributed by atoms with Crippen LogP contribution in [0.3, 0.4) is 0 Å². The molecule has 104 valence electrons. The average Bonchev–Trinajstić information content (AvgIpc) is 2.33. The number of pyridine rings is 1. The zero-order chi connectivity index (χ0) is 14.5. The highest BCUT2D eigenvalue weighted by molar-refractivity contribution is 5.73. The van der Waals surface area contributed by atoms with Gasteiger partial charge in [-0.25, -0.2) is 4.98 Å². The summed E-state index contributed by atoms with van der Waals surface area (Å²) in [5, 5.41) is 2.49. The number of nitrogens with one attached hydrogen (secondary N) is 1. The first kappa shape index (κ1) is 15.0. The lowest BCUT2D eigenvalue weighted by atomic mass is 10.2. The summed E-state index contributed by atoms with van der Waals surface area (Å²) in [7, 11) is 1.13. The van der Waals surface area contributed by atoms with Crippen molar-refractivity contribution in [3.8, 4) is 5.88 Å². The van der Waals surface area contributed by atoms with Crippen molar-refractivity contribution in [1.82, 2.24) is 10.3 Å². The number of nitrogens with zero attached hydrogens (tertiary/aromatic N) is 1. The molecule has 0 saturated carbocycles. The van der Waals surface area contributed by atoms with Crippen molar-refractivity contribution in [2.45, 2.75) is 13.1 Å². The third-order valence-electron chi connectivity index (χ3n) is 2.15. The molecule has 1 heterocycles. The molecule has 1 rings (SSSR count). The lowest BCUT2D eigenvalue weighted by molar-refractivity contribution is -0.139. The summed E-state index contributed by atoms with van der Waals surface area (Å²) in [6.07, 6.45) is -0.291. The molecule has 1 amide bonds. The molecule has 0 aromatic carbocycles. The van der Waals surface area contributed by atoms with Crippen LogP contribution in [0, 0.1) is 0 Å². The van der Waals surface area contributed by atoms with Gasteiger partial charge in [0, 0.05) is 19.7 Å². The van der Waals surface area contributed by atoms with E-state index in [1.807, 2.05) is 0 Å². The topological polar surface area (TPSA) is 51.2 Å². The molecular formula is C12H13F3N2O2. The zero-order valence-electron chi connectivity index (χ0n) is 10.4. The molecule has 0 fully saturated rings. The second-order valence-corrected chi connectivity index (χ2v) is 3.66. The highest BCUT2D eigenvalue weighted by atomic mass is 19.4. The summed E-state index contributed by atoms with van der Waals surface area (Å²) >= 11 is 0. The lowest BCUT2D eigenvalue weighted by Gasteiger charge is -2.11. The molecule has 0 saturated heterocycles. The predicted molar refractivity (Wildman–Crippen MR) is 63.5 cm³/mol. The van der Waals surface area contributed by atoms with E-state index in [1.165, 1.54) is 25.3 Å². The first-order chi connectivity index (χ1) is 8.84. The van der Waals surface area contributed by atoms with Gasteiger partial charge in [0.25, 0.3) is 0 Å². The molecule has 0 aliphatic rings. The Morgan fingerprint density at radius 2 is 2.21 bits per heavy atom. The van der Waals surface area contributed by atoms with E-state index in [4.69, 9.17) is 0 Å². The average molecular weight is 274 g/mol. The van der Waals surface area contributed by atoms with Crippen molar-refractivity contribution in [2.24, 2.45) is 0 Å². The third kappa shape index (κ3) is 4.61. The molecule has 0 spiro atoms. The van der Waals surface area contributed by atoms with Crippen LogP contribution in [0.15, 0.2) is 18.3 Å². The molecule has 0 unspecified atom stereocenters. The molecule has 0 aliphatic carbocycles. The minimum absolute atomic E-state index is 0.214. The summed E-state index contributed by atoms with van der Waals surface area (Å²) in [6.45, 7) is 1.59. The molecule has 1 aromatic heterocycles. The number of alkyl halides is 3. The molecular weight excluding hydrogens is 261 g/mol. The number of methoxy groups -OCH3 is 1. The van der Waals surface area contributed by atoms with Gasteiger partial charge in [-0.15, -0.1) is 0 Å². The number of carbonyl (C=O) groups excluding carboxylic acids is 1. The first-order valence-corrected chi connectivity index (χ1v) is 5.37. The van der Waals surface area contributed by atoms with E-state index in [1.54, 1.807) is 0 Å². The van der Waals surface area contributed by atoms with Crippen LogP contribution in [0.2, 0.25) is 0 Å². The highest BCUT2D eigenvalue weighted by Gasteiger charge is 2.35. The molecule has 1 aromatic rings. The van der Waals surface area contributed by atoms with Crippen LogP contribution in [0.4, 0.5) is 13.2 Å². The zero-order valence-corrected chi connectivity index (χ0v) is 10.4. The van der Waals surface area contributed by atoms with Gasteiger partial charge in [0.1, 0.15) is 5.56 Å². The Balaban J connectivity index is 2.90. The molecule has 7 heteroatoms. The molecule has 0 radical (unpaired) electrons. The lowest BCUT2D eigenvalue weighted by Crippen LogP contribution is -2.19. The standard InChI is InChI=1S/C12H13F3N2O2/c1-8(18)16-5-3-4-9-6-10(12(13,14)15)11(19-2)17-7-9/h3-4,6-7H,5H2,1-2H3,(H,16,18). The Morgan fingerprint density at radius 3 is 2.74 bits per heavy atom. The fraction of sp³-hybridized carbons (Fsp3) is 0.333. The van der Waals surface area contributed by atoms with Gasteiger partial charge in [0.15, 0.2) is 0 Å². The first-order valence-electron chi connectivity index (χ1n) is 5.37. The van der Waals surface area contributed by atoms with E-state index in [2.05, 4.69) is 15.0 Å². The van der Waals surface area contributed by atoms with Crippen molar-refractivity contribution < 1.29 is 22.7 Å². The molecule has 0 aliphatic heterocycles. The number of carbonyl (C=O) groups is 1. The summed E-state index contributed by atoms with van der Waals surface area (Å²) in [5.74, 6) is -0.681. The van der Waals surface area contributed by atoms with Gasteiger partial charge >= 0.3 is 6.18 Å².